The highest BCUT2D eigenvalue weighted by Crippen LogP contribution is 2.33. The standard InChI is InChI=1S/C11H7Br2ClN2O3S2/c12-9-4-6(10(13)20-9)11(17)16-8-3-5(21(15,18)19)1-2-7(8)14/h1-4H,(H,16,17)(H2,15,18,19). The van der Waals surface area contributed by atoms with E-state index in [1.165, 1.54) is 29.5 Å². The lowest BCUT2D eigenvalue weighted by atomic mass is 10.3. The third-order valence-corrected chi connectivity index (χ3v) is 6.00. The average Bonchev–Trinajstić information content (AvgIpc) is 2.70. The highest BCUT2D eigenvalue weighted by molar-refractivity contribution is 9.12. The van der Waals surface area contributed by atoms with Crippen LogP contribution in [-0.2, 0) is 10.0 Å². The Morgan fingerprint density at radius 2 is 1.95 bits per heavy atom. The van der Waals surface area contributed by atoms with Crippen LogP contribution in [0.4, 0.5) is 5.69 Å². The molecule has 0 aliphatic heterocycles. The van der Waals surface area contributed by atoms with Gasteiger partial charge in [-0.05, 0) is 56.1 Å². The predicted molar refractivity (Wildman–Crippen MR) is 90.5 cm³/mol. The van der Waals surface area contributed by atoms with Gasteiger partial charge in [-0.1, -0.05) is 11.6 Å². The quantitative estimate of drug-likeness (QED) is 0.709. The molecule has 0 fully saturated rings. The summed E-state index contributed by atoms with van der Waals surface area (Å²) in [7, 11) is -3.87. The molecule has 0 saturated carbocycles. The van der Waals surface area contributed by atoms with Gasteiger partial charge in [0.05, 0.1) is 28.7 Å². The van der Waals surface area contributed by atoms with Gasteiger partial charge in [0.2, 0.25) is 10.0 Å². The number of sulfonamides is 1. The number of carbonyl (C=O) groups is 1. The van der Waals surface area contributed by atoms with Crippen molar-refractivity contribution in [2.75, 3.05) is 5.32 Å². The van der Waals surface area contributed by atoms with E-state index in [0.29, 0.717) is 9.35 Å². The van der Waals surface area contributed by atoms with Crippen molar-refractivity contribution < 1.29 is 13.2 Å². The van der Waals surface area contributed by atoms with Crippen LogP contribution < -0.4 is 10.5 Å². The molecule has 0 spiro atoms. The summed E-state index contributed by atoms with van der Waals surface area (Å²) < 4.78 is 24.1. The lowest BCUT2D eigenvalue weighted by Crippen LogP contribution is -2.15. The molecular formula is C11H7Br2ClN2O3S2. The van der Waals surface area contributed by atoms with Gasteiger partial charge in [-0.2, -0.15) is 0 Å². The molecule has 1 aromatic heterocycles. The topological polar surface area (TPSA) is 89.3 Å². The van der Waals surface area contributed by atoms with Gasteiger partial charge in [-0.3, -0.25) is 4.79 Å². The summed E-state index contributed by atoms with van der Waals surface area (Å²) in [6.07, 6.45) is 0. The molecule has 1 amide bonds. The van der Waals surface area contributed by atoms with Crippen LogP contribution in [0.25, 0.3) is 0 Å². The lowest BCUT2D eigenvalue weighted by Gasteiger charge is -2.08. The Balaban J connectivity index is 2.35. The summed E-state index contributed by atoms with van der Waals surface area (Å²) in [5.41, 5.74) is 0.575. The number of rotatable bonds is 3. The number of halogens is 3. The second-order valence-corrected chi connectivity index (χ2v) is 9.60. The Hall–Kier alpha value is -0.450. The van der Waals surface area contributed by atoms with E-state index in [-0.39, 0.29) is 15.6 Å². The van der Waals surface area contributed by atoms with Gasteiger partial charge in [0.25, 0.3) is 5.91 Å². The predicted octanol–water partition coefficient (Wildman–Crippen LogP) is 3.83. The van der Waals surface area contributed by atoms with E-state index < -0.39 is 15.9 Å². The average molecular weight is 475 g/mol. The van der Waals surface area contributed by atoms with E-state index in [4.69, 9.17) is 16.7 Å². The molecule has 3 N–H and O–H groups in total. The number of primary sulfonamides is 1. The first kappa shape index (κ1) is 16.9. The minimum Gasteiger partial charge on any atom is -0.321 e. The van der Waals surface area contributed by atoms with Crippen LogP contribution in [0.3, 0.4) is 0 Å². The monoisotopic (exact) mass is 472 g/mol. The largest absolute Gasteiger partial charge is 0.321 e. The van der Waals surface area contributed by atoms with E-state index in [2.05, 4.69) is 37.2 Å². The molecule has 0 aliphatic carbocycles. The minimum atomic E-state index is -3.87. The molecular weight excluding hydrogens is 468 g/mol. The van der Waals surface area contributed by atoms with Crippen molar-refractivity contribution in [3.8, 4) is 0 Å². The molecule has 0 bridgehead atoms. The Bertz CT molecular complexity index is 821. The van der Waals surface area contributed by atoms with E-state index >= 15 is 0 Å². The Morgan fingerprint density at radius 3 is 2.48 bits per heavy atom. The molecule has 21 heavy (non-hydrogen) atoms. The van der Waals surface area contributed by atoms with E-state index in [0.717, 1.165) is 3.79 Å². The summed E-state index contributed by atoms with van der Waals surface area (Å²) in [4.78, 5) is 12.0. The van der Waals surface area contributed by atoms with Crippen molar-refractivity contribution in [3.05, 3.63) is 42.4 Å². The maximum Gasteiger partial charge on any atom is 0.257 e. The van der Waals surface area contributed by atoms with Gasteiger partial charge < -0.3 is 5.32 Å². The van der Waals surface area contributed by atoms with E-state index in [1.807, 2.05) is 0 Å². The zero-order valence-corrected chi connectivity index (χ0v) is 15.6. The smallest absolute Gasteiger partial charge is 0.257 e. The van der Waals surface area contributed by atoms with E-state index in [9.17, 15) is 13.2 Å². The fourth-order valence-electron chi connectivity index (χ4n) is 1.46. The van der Waals surface area contributed by atoms with Gasteiger partial charge in [-0.25, -0.2) is 13.6 Å². The van der Waals surface area contributed by atoms with Gasteiger partial charge in [0, 0.05) is 0 Å². The van der Waals surface area contributed by atoms with Crippen LogP contribution in [-0.4, -0.2) is 14.3 Å². The Labute approximate surface area is 146 Å². The van der Waals surface area contributed by atoms with E-state index in [1.54, 1.807) is 6.07 Å². The molecule has 0 radical (unpaired) electrons. The normalized spacial score (nSPS) is 11.4. The molecule has 10 heteroatoms. The first-order chi connectivity index (χ1) is 9.68. The summed E-state index contributed by atoms with van der Waals surface area (Å²) in [5.74, 6) is -0.419. The molecule has 1 aromatic carbocycles. The second kappa shape index (κ2) is 6.35. The number of carbonyl (C=O) groups excluding carboxylic acids is 1. The second-order valence-electron chi connectivity index (χ2n) is 3.88. The fraction of sp³-hybridized carbons (Fsp3) is 0. The third-order valence-electron chi connectivity index (χ3n) is 2.42. The highest BCUT2D eigenvalue weighted by Gasteiger charge is 2.17. The van der Waals surface area contributed by atoms with Crippen molar-refractivity contribution in [3.63, 3.8) is 0 Å². The van der Waals surface area contributed by atoms with Gasteiger partial charge >= 0.3 is 0 Å². The minimum absolute atomic E-state index is 0.132. The van der Waals surface area contributed by atoms with Crippen LogP contribution in [0.2, 0.25) is 5.02 Å². The maximum atomic E-state index is 12.2. The van der Waals surface area contributed by atoms with Crippen LogP contribution in [0.5, 0.6) is 0 Å². The third kappa shape index (κ3) is 4.05. The number of nitrogens with two attached hydrogens (primary N) is 1. The number of nitrogens with one attached hydrogen (secondary N) is 1. The summed E-state index contributed by atoms with van der Waals surface area (Å²) >= 11 is 13.8. The zero-order chi connectivity index (χ0) is 15.8. The number of thiophene rings is 1. The molecule has 112 valence electrons. The number of anilines is 1. The van der Waals surface area contributed by atoms with Crippen molar-refractivity contribution in [1.29, 1.82) is 0 Å². The van der Waals surface area contributed by atoms with Crippen LogP contribution >= 0.6 is 54.8 Å². The first-order valence-electron chi connectivity index (χ1n) is 5.27. The van der Waals surface area contributed by atoms with Crippen LogP contribution in [0.1, 0.15) is 10.4 Å². The molecule has 0 saturated heterocycles. The lowest BCUT2D eigenvalue weighted by molar-refractivity contribution is 0.102. The Morgan fingerprint density at radius 1 is 1.29 bits per heavy atom. The van der Waals surface area contributed by atoms with Gasteiger partial charge in [0.1, 0.15) is 0 Å². The van der Waals surface area contributed by atoms with Crippen LogP contribution in [0, 0.1) is 0 Å². The molecule has 0 unspecified atom stereocenters. The SMILES string of the molecule is NS(=O)(=O)c1ccc(Cl)c(NC(=O)c2cc(Br)sc2Br)c1. The maximum absolute atomic E-state index is 12.2. The number of hydrogen-bond donors (Lipinski definition) is 2. The highest BCUT2D eigenvalue weighted by atomic mass is 79.9. The summed E-state index contributed by atoms with van der Waals surface area (Å²) in [5, 5.41) is 7.82. The number of amides is 1. The van der Waals surface area contributed by atoms with Crippen molar-refractivity contribution in [2.45, 2.75) is 4.90 Å². The zero-order valence-electron chi connectivity index (χ0n) is 10.1. The number of benzene rings is 1. The van der Waals surface area contributed by atoms with Crippen molar-refractivity contribution >= 4 is 76.4 Å². The molecule has 2 rings (SSSR count). The number of hydrogen-bond acceptors (Lipinski definition) is 4. The van der Waals surface area contributed by atoms with Gasteiger partial charge in [-0.15, -0.1) is 11.3 Å². The van der Waals surface area contributed by atoms with Crippen molar-refractivity contribution in [1.82, 2.24) is 0 Å². The summed E-state index contributed by atoms with van der Waals surface area (Å²) in [6, 6.07) is 5.48. The Kier molecular flexibility index (Phi) is 5.11. The molecule has 1 heterocycles. The fourth-order valence-corrected chi connectivity index (χ4v) is 4.96. The van der Waals surface area contributed by atoms with Gasteiger partial charge in [0.15, 0.2) is 0 Å². The van der Waals surface area contributed by atoms with Crippen LogP contribution in [0.15, 0.2) is 36.7 Å². The molecule has 2 aromatic rings. The van der Waals surface area contributed by atoms with Crippen molar-refractivity contribution in [2.24, 2.45) is 5.14 Å². The molecule has 0 aliphatic rings. The summed E-state index contributed by atoms with van der Waals surface area (Å²) in [6.45, 7) is 0. The molecule has 0 atom stereocenters. The first-order valence-corrected chi connectivity index (χ1v) is 9.59. The molecule has 5 nitrogen and oxygen atoms in total.